The van der Waals surface area contributed by atoms with E-state index in [1.54, 1.807) is 32.3 Å². The molecular formula is C11H11BrN2O2. The molecule has 2 rings (SSSR count). The van der Waals surface area contributed by atoms with Crippen molar-refractivity contribution in [2.24, 2.45) is 0 Å². The Bertz CT molecular complexity index is 461. The molecule has 0 bridgehead atoms. The van der Waals surface area contributed by atoms with Crippen molar-refractivity contribution in [2.75, 3.05) is 19.0 Å². The molecular weight excluding hydrogens is 272 g/mol. The number of carbonyl (C=O) groups is 2. The van der Waals surface area contributed by atoms with Crippen LogP contribution in [0.5, 0.6) is 0 Å². The molecule has 0 N–H and O–H groups in total. The largest absolute Gasteiger partial charge is 0.320 e. The van der Waals surface area contributed by atoms with E-state index in [0.29, 0.717) is 11.3 Å². The summed E-state index contributed by atoms with van der Waals surface area (Å²) < 4.78 is 0. The van der Waals surface area contributed by atoms with Crippen LogP contribution in [0.3, 0.4) is 0 Å². The number of hydrogen-bond acceptors (Lipinski definition) is 2. The zero-order valence-electron chi connectivity index (χ0n) is 8.98. The number of halogens is 1. The highest BCUT2D eigenvalue weighted by Gasteiger charge is 2.34. The third kappa shape index (κ3) is 1.51. The van der Waals surface area contributed by atoms with Gasteiger partial charge in [-0.15, -0.1) is 0 Å². The van der Waals surface area contributed by atoms with E-state index in [1.807, 2.05) is 6.07 Å². The molecule has 1 aromatic rings. The molecule has 1 heterocycles. The molecule has 0 fully saturated rings. The number of rotatable bonds is 0. The lowest BCUT2D eigenvalue weighted by Crippen LogP contribution is -2.41. The maximum absolute atomic E-state index is 12.1. The first kappa shape index (κ1) is 11.1. The second-order valence-corrected chi connectivity index (χ2v) is 4.53. The van der Waals surface area contributed by atoms with E-state index in [-0.39, 0.29) is 11.8 Å². The van der Waals surface area contributed by atoms with Crippen LogP contribution in [0.2, 0.25) is 0 Å². The van der Waals surface area contributed by atoms with Crippen molar-refractivity contribution < 1.29 is 9.59 Å². The van der Waals surface area contributed by atoms with Crippen LogP contribution in [-0.4, -0.2) is 35.8 Å². The summed E-state index contributed by atoms with van der Waals surface area (Å²) in [6.45, 7) is 0. The summed E-state index contributed by atoms with van der Waals surface area (Å²) in [5.41, 5.74) is 1.19. The Balaban J connectivity index is 2.62. The second-order valence-electron chi connectivity index (χ2n) is 3.67. The van der Waals surface area contributed by atoms with Crippen molar-refractivity contribution in [3.8, 4) is 0 Å². The van der Waals surface area contributed by atoms with Gasteiger partial charge in [-0.05, 0) is 12.1 Å². The summed E-state index contributed by atoms with van der Waals surface area (Å²) in [5.74, 6) is -0.309. The lowest BCUT2D eigenvalue weighted by Gasteiger charge is -2.21. The SMILES string of the molecule is CN1C(=O)[C@H](Br)N(C)C(=O)c2ccccc21. The summed E-state index contributed by atoms with van der Waals surface area (Å²) in [6.07, 6.45) is 0. The van der Waals surface area contributed by atoms with Crippen LogP contribution in [0.15, 0.2) is 24.3 Å². The molecule has 84 valence electrons. The Morgan fingerprint density at radius 3 is 2.50 bits per heavy atom. The predicted octanol–water partition coefficient (Wildman–Crippen LogP) is 1.46. The molecule has 1 atom stereocenters. The molecule has 0 unspecified atom stereocenters. The lowest BCUT2D eigenvalue weighted by atomic mass is 10.1. The topological polar surface area (TPSA) is 40.6 Å². The van der Waals surface area contributed by atoms with Crippen molar-refractivity contribution in [3.63, 3.8) is 0 Å². The van der Waals surface area contributed by atoms with Gasteiger partial charge >= 0.3 is 0 Å². The smallest absolute Gasteiger partial charge is 0.260 e. The van der Waals surface area contributed by atoms with Gasteiger partial charge in [-0.25, -0.2) is 0 Å². The van der Waals surface area contributed by atoms with Gasteiger partial charge in [-0.3, -0.25) is 9.59 Å². The minimum Gasteiger partial charge on any atom is -0.320 e. The Morgan fingerprint density at radius 2 is 1.81 bits per heavy atom. The van der Waals surface area contributed by atoms with Crippen molar-refractivity contribution in [1.29, 1.82) is 0 Å². The standard InChI is InChI=1S/C11H11BrN2O2/c1-13-8-6-4-3-5-7(8)10(15)14(2)9(12)11(13)16/h3-6,9H,1-2H3/t9-/m1/s1. The van der Waals surface area contributed by atoms with Crippen molar-refractivity contribution >= 4 is 33.4 Å². The van der Waals surface area contributed by atoms with Crippen LogP contribution in [0.25, 0.3) is 0 Å². The third-order valence-electron chi connectivity index (χ3n) is 2.69. The number of hydrogen-bond donors (Lipinski definition) is 0. The number of nitrogens with zero attached hydrogens (tertiary/aromatic N) is 2. The number of amides is 2. The maximum Gasteiger partial charge on any atom is 0.260 e. The number of carbonyl (C=O) groups excluding carboxylic acids is 2. The third-order valence-corrected chi connectivity index (χ3v) is 3.70. The van der Waals surface area contributed by atoms with Gasteiger partial charge < -0.3 is 9.80 Å². The Hall–Kier alpha value is -1.36. The average Bonchev–Trinajstić information content (AvgIpc) is 2.38. The minimum absolute atomic E-state index is 0.152. The van der Waals surface area contributed by atoms with Crippen LogP contribution in [0, 0.1) is 0 Å². The number of likely N-dealkylation sites (N-methyl/N-ethyl adjacent to an activating group) is 2. The molecule has 0 aromatic heterocycles. The molecule has 1 aliphatic rings. The molecule has 5 heteroatoms. The number of fused-ring (bicyclic) bond motifs is 1. The molecule has 0 saturated carbocycles. The van der Waals surface area contributed by atoms with Gasteiger partial charge in [0.05, 0.1) is 11.3 Å². The molecule has 0 aliphatic carbocycles. The molecule has 1 aliphatic heterocycles. The fraction of sp³-hybridized carbons (Fsp3) is 0.273. The Labute approximate surface area is 102 Å². The fourth-order valence-electron chi connectivity index (χ4n) is 1.68. The van der Waals surface area contributed by atoms with E-state index in [9.17, 15) is 9.59 Å². The first-order valence-corrected chi connectivity index (χ1v) is 5.73. The number of para-hydroxylation sites is 1. The first-order valence-electron chi connectivity index (χ1n) is 4.82. The van der Waals surface area contributed by atoms with Crippen LogP contribution < -0.4 is 4.90 Å². The van der Waals surface area contributed by atoms with E-state index in [4.69, 9.17) is 0 Å². The van der Waals surface area contributed by atoms with E-state index in [0.717, 1.165) is 0 Å². The quantitative estimate of drug-likeness (QED) is 0.534. The summed E-state index contributed by atoms with van der Waals surface area (Å²) in [5, 5.41) is 0. The van der Waals surface area contributed by atoms with E-state index >= 15 is 0 Å². The number of benzene rings is 1. The molecule has 0 radical (unpaired) electrons. The second kappa shape index (κ2) is 3.90. The normalized spacial score (nSPS) is 20.8. The monoisotopic (exact) mass is 282 g/mol. The maximum atomic E-state index is 12.1. The first-order chi connectivity index (χ1) is 7.54. The summed E-state index contributed by atoms with van der Waals surface area (Å²) in [4.78, 5) is 26.3. The molecule has 0 saturated heterocycles. The average molecular weight is 283 g/mol. The van der Waals surface area contributed by atoms with Crippen LogP contribution in [0.4, 0.5) is 5.69 Å². The summed E-state index contributed by atoms with van der Waals surface area (Å²) in [6, 6.07) is 7.09. The fourth-order valence-corrected chi connectivity index (χ4v) is 2.18. The summed E-state index contributed by atoms with van der Waals surface area (Å²) >= 11 is 3.22. The zero-order chi connectivity index (χ0) is 11.9. The highest BCUT2D eigenvalue weighted by molar-refractivity contribution is 9.10. The van der Waals surface area contributed by atoms with Gasteiger partial charge in [0.1, 0.15) is 0 Å². The van der Waals surface area contributed by atoms with Gasteiger partial charge in [0.25, 0.3) is 11.8 Å². The summed E-state index contributed by atoms with van der Waals surface area (Å²) in [7, 11) is 3.28. The van der Waals surface area contributed by atoms with Crippen molar-refractivity contribution in [3.05, 3.63) is 29.8 Å². The highest BCUT2D eigenvalue weighted by Crippen LogP contribution is 2.27. The Kier molecular flexibility index (Phi) is 2.71. The van der Waals surface area contributed by atoms with Gasteiger partial charge in [0.2, 0.25) is 0 Å². The van der Waals surface area contributed by atoms with E-state index < -0.39 is 4.95 Å². The van der Waals surface area contributed by atoms with Crippen molar-refractivity contribution in [1.82, 2.24) is 4.90 Å². The molecule has 4 nitrogen and oxygen atoms in total. The lowest BCUT2D eigenvalue weighted by molar-refractivity contribution is -0.119. The highest BCUT2D eigenvalue weighted by atomic mass is 79.9. The zero-order valence-corrected chi connectivity index (χ0v) is 10.6. The van der Waals surface area contributed by atoms with Crippen LogP contribution in [-0.2, 0) is 4.79 Å². The molecule has 1 aromatic carbocycles. The molecule has 0 spiro atoms. The number of anilines is 1. The van der Waals surface area contributed by atoms with E-state index in [2.05, 4.69) is 15.9 Å². The van der Waals surface area contributed by atoms with Crippen LogP contribution in [0.1, 0.15) is 10.4 Å². The predicted molar refractivity (Wildman–Crippen MR) is 64.7 cm³/mol. The Morgan fingerprint density at radius 1 is 1.19 bits per heavy atom. The van der Waals surface area contributed by atoms with E-state index in [1.165, 1.54) is 9.80 Å². The van der Waals surface area contributed by atoms with Crippen molar-refractivity contribution in [2.45, 2.75) is 4.95 Å². The van der Waals surface area contributed by atoms with Gasteiger partial charge in [-0.2, -0.15) is 0 Å². The molecule has 2 amide bonds. The minimum atomic E-state index is -0.614. The van der Waals surface area contributed by atoms with Crippen LogP contribution >= 0.6 is 15.9 Å². The van der Waals surface area contributed by atoms with Gasteiger partial charge in [0.15, 0.2) is 4.95 Å². The van der Waals surface area contributed by atoms with Gasteiger partial charge in [0, 0.05) is 14.1 Å². The number of alkyl halides is 1. The molecule has 16 heavy (non-hydrogen) atoms. The van der Waals surface area contributed by atoms with Gasteiger partial charge in [-0.1, -0.05) is 28.1 Å².